The SMILES string of the molecule is C[C@H](NC(=O)[C@H](CC(=O)O)NC(=O)CNC(=O)CNC(=O)[C@H](C)NC(=O)[C@@H](N)Cc1c[nH]c2ccccc12)C(=O)N[C@@H](CO)C(=O)NCC(=O)N[C@@H](CCC(=O)O)C(=O)N[C@@H](CCC(=O)O)C(=O)N[C@@H](CCC(=O)O)C(=O)N[C@@H](CCC(=O)O)C(=O)N[C@@H](CCC(=O)O)C(=O)N[C@@H](CCC(=O)O)C(=O)N[C@@H](CCC(=O)O)C(=O)O. The minimum Gasteiger partial charge on any atom is -0.481 e. The van der Waals surface area contributed by atoms with Gasteiger partial charge in [0.25, 0.3) is 0 Å². The number of benzene rings is 1. The summed E-state index contributed by atoms with van der Waals surface area (Å²) in [6, 6.07) is -15.1. The number of carbonyl (C=O) groups is 23. The zero-order chi connectivity index (χ0) is 86.2. The van der Waals surface area contributed by atoms with Crippen molar-refractivity contribution in [3.8, 4) is 0 Å². The maximum atomic E-state index is 14.1. The van der Waals surface area contributed by atoms with E-state index in [2.05, 4.69) is 26.3 Å². The van der Waals surface area contributed by atoms with Gasteiger partial charge < -0.3 is 136 Å². The molecule has 0 spiro atoms. The van der Waals surface area contributed by atoms with Crippen molar-refractivity contribution in [1.82, 2.24) is 79.4 Å². The van der Waals surface area contributed by atoms with Crippen molar-refractivity contribution in [2.75, 3.05) is 26.2 Å². The van der Waals surface area contributed by atoms with E-state index in [1.54, 1.807) is 12.3 Å². The Bertz CT molecular complexity index is 3900. The molecule has 1 aromatic heterocycles. The van der Waals surface area contributed by atoms with Crippen LogP contribution in [-0.2, 0) is 117 Å². The van der Waals surface area contributed by atoms with Crippen LogP contribution in [0.2, 0.25) is 0 Å². The van der Waals surface area contributed by atoms with Gasteiger partial charge in [-0.15, -0.1) is 0 Å². The number of carboxylic acid groups (broad SMARTS) is 9. The zero-order valence-electron chi connectivity index (χ0n) is 60.9. The molecule has 12 atom stereocenters. The number of H-pyrrole nitrogens is 1. The summed E-state index contributed by atoms with van der Waals surface area (Å²) in [5.74, 6) is -32.5. The molecule has 0 saturated carbocycles. The smallest absolute Gasteiger partial charge is 0.326 e. The fourth-order valence-corrected chi connectivity index (χ4v) is 9.99. The van der Waals surface area contributed by atoms with Crippen molar-refractivity contribution in [2.45, 2.75) is 189 Å². The van der Waals surface area contributed by atoms with Gasteiger partial charge in [0.2, 0.25) is 82.7 Å². The van der Waals surface area contributed by atoms with Gasteiger partial charge in [-0.1, -0.05) is 18.2 Å². The maximum absolute atomic E-state index is 14.1. The van der Waals surface area contributed by atoms with Gasteiger partial charge in [-0.3, -0.25) is 105 Å². The van der Waals surface area contributed by atoms with E-state index in [0.29, 0.717) is 0 Å². The van der Waals surface area contributed by atoms with E-state index >= 15 is 0 Å². The van der Waals surface area contributed by atoms with Crippen LogP contribution in [0.15, 0.2) is 30.5 Å². The summed E-state index contributed by atoms with van der Waals surface area (Å²) in [5, 5.41) is 125. The minimum absolute atomic E-state index is 0.113. The number of carboxylic acids is 9. The van der Waals surface area contributed by atoms with Crippen molar-refractivity contribution in [3.63, 3.8) is 0 Å². The van der Waals surface area contributed by atoms with E-state index in [-0.39, 0.29) is 6.42 Å². The number of rotatable bonds is 55. The zero-order valence-corrected chi connectivity index (χ0v) is 60.9. The highest BCUT2D eigenvalue weighted by Gasteiger charge is 2.37. The Kier molecular flexibility index (Phi) is 41.4. The Morgan fingerprint density at radius 2 is 0.640 bits per heavy atom. The number of aliphatic hydroxyl groups is 1. The van der Waals surface area contributed by atoms with Crippen molar-refractivity contribution in [1.29, 1.82) is 0 Å². The molecule has 2 aromatic rings. The van der Waals surface area contributed by atoms with Gasteiger partial charge in [-0.2, -0.15) is 0 Å². The van der Waals surface area contributed by atoms with Crippen molar-refractivity contribution >= 4 is 147 Å². The van der Waals surface area contributed by atoms with Gasteiger partial charge in [-0.05, 0) is 76.8 Å². The molecule has 114 heavy (non-hydrogen) atoms. The highest BCUT2D eigenvalue weighted by atomic mass is 16.4. The lowest BCUT2D eigenvalue weighted by Gasteiger charge is -2.27. The first-order chi connectivity index (χ1) is 53.4. The third-order valence-corrected chi connectivity index (χ3v) is 16.1. The number of aromatic amines is 1. The third kappa shape index (κ3) is 37.3. The monoisotopic (exact) mass is 1620 g/mol. The van der Waals surface area contributed by atoms with Crippen molar-refractivity contribution < 1.29 is 161 Å². The number of aliphatic hydroxyl groups excluding tert-OH is 1. The molecular weight excluding hydrogens is 1530 g/mol. The molecule has 2 rings (SSSR count). The molecule has 1 heterocycles. The number of aromatic nitrogens is 1. The topological polar surface area (TPSA) is 805 Å². The van der Waals surface area contributed by atoms with Gasteiger partial charge in [0, 0.05) is 62.0 Å². The Labute approximate surface area is 643 Å². The standard InChI is InChI=1S/C65H90N16O33/c1-28(71-56(104)32(66)21-30-23-67-33-6-4-3-5-31(30)33)54(102)69-24-43(83)68-25-44(84)74-41(22-53(100)101)64(112)72-29(2)55(103)81-42(27-82)57(105)70-26-45(85)73-34(7-14-46(86)87)58(106)75-35(8-15-47(88)89)59(107)76-36(9-16-48(90)91)60(108)77-37(10-17-49(92)93)61(109)78-38(11-18-50(94)95)62(110)79-39(12-19-51(96)97)63(111)80-40(65(113)114)13-20-52(98)99/h3-6,23,28-29,32,34-42,67,82H,7-22,24-27,66H2,1-2H3,(H,68,83)(H,69,102)(H,70,105)(H,71,104)(H,72,112)(H,73,85)(H,74,84)(H,75,106)(H,76,107)(H,77,108)(H,78,109)(H,79,110)(H,80,111)(H,81,103)(H,86,87)(H,88,89)(H,90,91)(H,92,93)(H,94,95)(H,96,97)(H,98,99)(H,100,101)(H,113,114)/t28-,29-,32-,34-,35-,36-,37-,38-,39-,40-,41-,42-/m0/s1. The average Bonchev–Trinajstić information content (AvgIpc) is 1.77. The fraction of sp³-hybridized carbons (Fsp3) is 0.523. The van der Waals surface area contributed by atoms with Crippen LogP contribution in [0.4, 0.5) is 0 Å². The van der Waals surface area contributed by atoms with Crippen LogP contribution >= 0.6 is 0 Å². The van der Waals surface area contributed by atoms with E-state index in [9.17, 15) is 156 Å². The number of nitrogens with one attached hydrogen (secondary N) is 15. The van der Waals surface area contributed by atoms with Crippen LogP contribution in [0.1, 0.15) is 116 Å². The highest BCUT2D eigenvalue weighted by Crippen LogP contribution is 2.19. The summed E-state index contributed by atoms with van der Waals surface area (Å²) >= 11 is 0. The first-order valence-corrected chi connectivity index (χ1v) is 34.4. The third-order valence-electron chi connectivity index (χ3n) is 16.1. The van der Waals surface area contributed by atoms with Crippen LogP contribution in [0.25, 0.3) is 10.9 Å². The Morgan fingerprint density at radius 1 is 0.333 bits per heavy atom. The molecule has 0 unspecified atom stereocenters. The minimum atomic E-state index is -2.17. The number of hydrogen-bond donors (Lipinski definition) is 26. The first kappa shape index (κ1) is 96.6. The first-order valence-electron chi connectivity index (χ1n) is 34.4. The van der Waals surface area contributed by atoms with E-state index in [4.69, 9.17) is 10.8 Å². The normalized spacial score (nSPS) is 14.0. The molecule has 0 saturated heterocycles. The van der Waals surface area contributed by atoms with Crippen LogP contribution in [0.5, 0.6) is 0 Å². The van der Waals surface area contributed by atoms with E-state index in [1.807, 2.05) is 71.4 Å². The van der Waals surface area contributed by atoms with E-state index in [1.165, 1.54) is 6.92 Å². The average molecular weight is 1620 g/mol. The van der Waals surface area contributed by atoms with E-state index in [0.717, 1.165) is 23.4 Å². The highest BCUT2D eigenvalue weighted by molar-refractivity contribution is 6.01. The summed E-state index contributed by atoms with van der Waals surface area (Å²) in [7, 11) is 0. The molecule has 49 heteroatoms. The second kappa shape index (κ2) is 48.9. The van der Waals surface area contributed by atoms with Crippen LogP contribution < -0.4 is 80.2 Å². The molecule has 628 valence electrons. The number of hydrogen-bond acceptors (Lipinski definition) is 25. The fourth-order valence-electron chi connectivity index (χ4n) is 9.99. The molecule has 49 nitrogen and oxygen atoms in total. The van der Waals surface area contributed by atoms with Gasteiger partial charge in [0.1, 0.15) is 66.5 Å². The van der Waals surface area contributed by atoms with Crippen molar-refractivity contribution in [2.24, 2.45) is 5.73 Å². The summed E-state index contributed by atoms with van der Waals surface area (Å²) in [4.78, 5) is 295. The summed E-state index contributed by atoms with van der Waals surface area (Å²) in [6.07, 6.45) is -12.0. The molecular formula is C65H90N16O33. The van der Waals surface area contributed by atoms with Gasteiger partial charge in [-0.25, -0.2) is 4.79 Å². The molecule has 0 aliphatic heterocycles. The number of fused-ring (bicyclic) bond motifs is 1. The van der Waals surface area contributed by atoms with E-state index < -0.39 is 331 Å². The number of carbonyl (C=O) groups excluding carboxylic acids is 14. The molecule has 0 aliphatic carbocycles. The van der Waals surface area contributed by atoms with Crippen molar-refractivity contribution in [3.05, 3.63) is 36.0 Å². The molecule has 0 bridgehead atoms. The lowest BCUT2D eigenvalue weighted by atomic mass is 10.0. The Hall–Kier alpha value is -13.5. The summed E-state index contributed by atoms with van der Waals surface area (Å²) in [6.45, 7) is -1.75. The number of amides is 14. The number of nitrogens with two attached hydrogens (primary N) is 1. The molecule has 0 fully saturated rings. The molecule has 1 aromatic carbocycles. The number of para-hydroxylation sites is 1. The molecule has 0 aliphatic rings. The second-order valence-corrected chi connectivity index (χ2v) is 25.2. The Morgan fingerprint density at radius 3 is 1.02 bits per heavy atom. The summed E-state index contributed by atoms with van der Waals surface area (Å²) < 4.78 is 0. The lowest BCUT2D eigenvalue weighted by molar-refractivity contribution is -0.144. The quantitative estimate of drug-likeness (QED) is 0.0292. The van der Waals surface area contributed by atoms with Crippen LogP contribution in [-0.4, -0.2) is 291 Å². The lowest BCUT2D eigenvalue weighted by Crippen LogP contribution is -2.60. The summed E-state index contributed by atoms with van der Waals surface area (Å²) in [5.41, 5.74) is 7.63. The van der Waals surface area contributed by atoms with Gasteiger partial charge in [0.15, 0.2) is 0 Å². The van der Waals surface area contributed by atoms with Gasteiger partial charge >= 0.3 is 53.7 Å². The van der Waals surface area contributed by atoms with Crippen LogP contribution in [0.3, 0.4) is 0 Å². The molecule has 14 amide bonds. The molecule has 27 N–H and O–H groups in total. The predicted molar refractivity (Wildman–Crippen MR) is 377 cm³/mol. The molecule has 0 radical (unpaired) electrons. The number of aliphatic carboxylic acids is 9. The maximum Gasteiger partial charge on any atom is 0.326 e. The largest absolute Gasteiger partial charge is 0.481 e. The Balaban J connectivity index is 2.22. The van der Waals surface area contributed by atoms with Crippen LogP contribution in [0, 0.1) is 0 Å². The second-order valence-electron chi connectivity index (χ2n) is 25.2. The van der Waals surface area contributed by atoms with Gasteiger partial charge in [0.05, 0.1) is 38.7 Å². The predicted octanol–water partition coefficient (Wildman–Crippen LogP) is -9.64.